The van der Waals surface area contributed by atoms with E-state index in [-0.39, 0.29) is 6.42 Å². The topological polar surface area (TPSA) is 71.0 Å². The van der Waals surface area contributed by atoms with Crippen molar-refractivity contribution in [3.05, 3.63) is 58.9 Å². The lowest BCUT2D eigenvalue weighted by Crippen LogP contribution is -2.22. The first-order valence-electron chi connectivity index (χ1n) is 5.89. The van der Waals surface area contributed by atoms with E-state index in [1.165, 1.54) is 0 Å². The van der Waals surface area contributed by atoms with Crippen molar-refractivity contribution in [1.82, 2.24) is 9.55 Å². The van der Waals surface area contributed by atoms with Gasteiger partial charge in [-0.25, -0.2) is 4.98 Å². The van der Waals surface area contributed by atoms with Gasteiger partial charge in [-0.3, -0.25) is 4.79 Å². The second-order valence-corrected chi connectivity index (χ2v) is 4.40. The zero-order valence-electron chi connectivity index (χ0n) is 10.5. The van der Waals surface area contributed by atoms with E-state index in [9.17, 15) is 4.79 Å². The predicted octanol–water partition coefficient (Wildman–Crippen LogP) is 1.93. The number of carbonyl (C=O) groups excluding carboxylic acids is 1. The molecule has 5 nitrogen and oxygen atoms in total. The zero-order valence-corrected chi connectivity index (χ0v) is 11.3. The van der Waals surface area contributed by atoms with Crippen LogP contribution in [0.1, 0.15) is 12.0 Å². The Morgan fingerprint density at radius 3 is 2.95 bits per heavy atom. The highest BCUT2D eigenvalue weighted by molar-refractivity contribution is 6.29. The maximum atomic E-state index is 11.4. The van der Waals surface area contributed by atoms with Crippen molar-refractivity contribution in [2.75, 3.05) is 0 Å². The Labute approximate surface area is 120 Å². The van der Waals surface area contributed by atoms with Gasteiger partial charge in [-0.15, -0.1) is 0 Å². The third-order valence-electron chi connectivity index (χ3n) is 2.53. The Kier molecular flexibility index (Phi) is 4.64. The Morgan fingerprint density at radius 1 is 1.40 bits per heavy atom. The Morgan fingerprint density at radius 2 is 2.25 bits per heavy atom. The normalized spacial score (nSPS) is 11.1. The smallest absolute Gasteiger partial charge is 0.261 e. The number of hydrogen-bond donors (Lipinski definition) is 0. The van der Waals surface area contributed by atoms with Crippen molar-refractivity contribution < 1.29 is 4.79 Å². The minimum atomic E-state index is -0.457. The van der Waals surface area contributed by atoms with Crippen molar-refractivity contribution >= 4 is 17.5 Å². The summed E-state index contributed by atoms with van der Waals surface area (Å²) in [5.74, 6) is -0.457. The van der Waals surface area contributed by atoms with Crippen LogP contribution in [-0.4, -0.2) is 15.5 Å². The van der Waals surface area contributed by atoms with Gasteiger partial charge in [0.15, 0.2) is 0 Å². The third kappa shape index (κ3) is 3.77. The molecule has 0 saturated carbocycles. The van der Waals surface area contributed by atoms with Crippen LogP contribution in [0.3, 0.4) is 0 Å². The summed E-state index contributed by atoms with van der Waals surface area (Å²) >= 11 is 5.74. The summed E-state index contributed by atoms with van der Waals surface area (Å²) < 4.78 is 1.81. The second-order valence-electron chi connectivity index (χ2n) is 4.02. The van der Waals surface area contributed by atoms with Crippen LogP contribution in [0.5, 0.6) is 0 Å². The number of hydrogen-bond acceptors (Lipinski definition) is 3. The molecule has 2 aromatic heterocycles. The fourth-order valence-electron chi connectivity index (χ4n) is 1.63. The van der Waals surface area contributed by atoms with Crippen molar-refractivity contribution in [2.24, 2.45) is 4.99 Å². The maximum absolute atomic E-state index is 11.4. The summed E-state index contributed by atoms with van der Waals surface area (Å²) in [5.41, 5.74) is 1.44. The van der Waals surface area contributed by atoms with E-state index in [1.54, 1.807) is 35.0 Å². The number of nitrogens with zero attached hydrogens (tertiary/aromatic N) is 4. The molecular formula is C14H11ClN4O. The van der Waals surface area contributed by atoms with Crippen molar-refractivity contribution in [1.29, 1.82) is 5.26 Å². The lowest BCUT2D eigenvalue weighted by atomic mass is 10.3. The quantitative estimate of drug-likeness (QED) is 0.809. The molecule has 0 aliphatic heterocycles. The van der Waals surface area contributed by atoms with Crippen LogP contribution in [-0.2, 0) is 11.3 Å². The molecule has 0 N–H and O–H groups in total. The molecule has 100 valence electrons. The van der Waals surface area contributed by atoms with Gasteiger partial charge < -0.3 is 4.57 Å². The molecule has 0 aliphatic rings. The molecule has 20 heavy (non-hydrogen) atoms. The van der Waals surface area contributed by atoms with Gasteiger partial charge in [0.2, 0.25) is 0 Å². The number of carbonyl (C=O) groups is 1. The fraction of sp³-hybridized carbons (Fsp3) is 0.143. The van der Waals surface area contributed by atoms with Gasteiger partial charge >= 0.3 is 0 Å². The average Bonchev–Trinajstić information content (AvgIpc) is 2.44. The van der Waals surface area contributed by atoms with E-state index in [0.29, 0.717) is 17.2 Å². The fourth-order valence-corrected chi connectivity index (χ4v) is 1.75. The van der Waals surface area contributed by atoms with Gasteiger partial charge in [-0.05, 0) is 23.8 Å². The van der Waals surface area contributed by atoms with E-state index in [2.05, 4.69) is 9.98 Å². The largest absolute Gasteiger partial charge is 0.328 e. The highest BCUT2D eigenvalue weighted by Crippen LogP contribution is 2.06. The summed E-state index contributed by atoms with van der Waals surface area (Å²) in [6.45, 7) is 0.518. The van der Waals surface area contributed by atoms with E-state index in [1.807, 2.05) is 18.3 Å². The van der Waals surface area contributed by atoms with Crippen LogP contribution in [0.4, 0.5) is 0 Å². The Bertz CT molecular complexity index is 713. The molecule has 0 radical (unpaired) electrons. The third-order valence-corrected chi connectivity index (χ3v) is 2.75. The molecule has 2 aromatic rings. The summed E-state index contributed by atoms with van der Waals surface area (Å²) in [6, 6.07) is 10.7. The molecule has 0 atom stereocenters. The monoisotopic (exact) mass is 286 g/mol. The first kappa shape index (κ1) is 14.0. The Balaban J connectivity index is 2.31. The SMILES string of the molecule is N#CCC(=O)/N=c1\ccccn1Cc1ccc(Cl)nc1. The lowest BCUT2D eigenvalue weighted by molar-refractivity contribution is -0.117. The van der Waals surface area contributed by atoms with Crippen LogP contribution in [0.2, 0.25) is 5.15 Å². The number of nitriles is 1. The molecule has 2 rings (SSSR count). The van der Waals surface area contributed by atoms with Gasteiger partial charge in [0.25, 0.3) is 5.91 Å². The average molecular weight is 287 g/mol. The summed E-state index contributed by atoms with van der Waals surface area (Å²) in [6.07, 6.45) is 3.26. The molecule has 0 aliphatic carbocycles. The number of pyridine rings is 2. The number of amides is 1. The molecule has 1 amide bonds. The number of rotatable bonds is 3. The van der Waals surface area contributed by atoms with Gasteiger partial charge in [-0.1, -0.05) is 23.7 Å². The van der Waals surface area contributed by atoms with Crippen LogP contribution in [0.25, 0.3) is 0 Å². The molecule has 0 unspecified atom stereocenters. The van der Waals surface area contributed by atoms with Gasteiger partial charge in [-0.2, -0.15) is 10.3 Å². The molecule has 2 heterocycles. The molecule has 0 spiro atoms. The first-order valence-corrected chi connectivity index (χ1v) is 6.27. The summed E-state index contributed by atoms with van der Waals surface area (Å²) in [5, 5.41) is 8.92. The highest BCUT2D eigenvalue weighted by Gasteiger charge is 2.00. The lowest BCUT2D eigenvalue weighted by Gasteiger charge is -2.06. The standard InChI is InChI=1S/C14H11ClN4O/c15-12-5-4-11(9-17-12)10-19-8-2-1-3-13(19)18-14(20)6-7-16/h1-5,8-9H,6,10H2/b18-13+. The molecule has 0 saturated heterocycles. The Hall–Kier alpha value is -2.45. The van der Waals surface area contributed by atoms with Crippen molar-refractivity contribution in [2.45, 2.75) is 13.0 Å². The van der Waals surface area contributed by atoms with Crippen LogP contribution in [0, 0.1) is 11.3 Å². The van der Waals surface area contributed by atoms with E-state index in [4.69, 9.17) is 16.9 Å². The van der Waals surface area contributed by atoms with Crippen molar-refractivity contribution in [3.63, 3.8) is 0 Å². The van der Waals surface area contributed by atoms with Crippen LogP contribution in [0.15, 0.2) is 47.7 Å². The van der Waals surface area contributed by atoms with Gasteiger partial charge in [0.1, 0.15) is 17.1 Å². The summed E-state index contributed by atoms with van der Waals surface area (Å²) in [7, 11) is 0. The molecule has 0 bridgehead atoms. The minimum absolute atomic E-state index is 0.225. The van der Waals surface area contributed by atoms with Crippen LogP contribution >= 0.6 is 11.6 Å². The predicted molar refractivity (Wildman–Crippen MR) is 73.6 cm³/mol. The van der Waals surface area contributed by atoms with E-state index < -0.39 is 5.91 Å². The van der Waals surface area contributed by atoms with Gasteiger partial charge in [0, 0.05) is 12.4 Å². The number of aromatic nitrogens is 2. The highest BCUT2D eigenvalue weighted by atomic mass is 35.5. The maximum Gasteiger partial charge on any atom is 0.261 e. The molecule has 0 aromatic carbocycles. The molecule has 0 fully saturated rings. The molecule has 6 heteroatoms. The number of halogens is 1. The van der Waals surface area contributed by atoms with Crippen LogP contribution < -0.4 is 5.49 Å². The first-order chi connectivity index (χ1) is 9.69. The minimum Gasteiger partial charge on any atom is -0.328 e. The summed E-state index contributed by atoms with van der Waals surface area (Å²) in [4.78, 5) is 19.4. The van der Waals surface area contributed by atoms with Gasteiger partial charge in [0.05, 0.1) is 12.6 Å². The molecular weight excluding hydrogens is 276 g/mol. The van der Waals surface area contributed by atoms with Crippen molar-refractivity contribution in [3.8, 4) is 6.07 Å². The van der Waals surface area contributed by atoms with E-state index in [0.717, 1.165) is 5.56 Å². The van der Waals surface area contributed by atoms with E-state index >= 15 is 0 Å². The second kappa shape index (κ2) is 6.64. The zero-order chi connectivity index (χ0) is 14.4.